The van der Waals surface area contributed by atoms with Crippen molar-refractivity contribution < 1.29 is 0 Å². The summed E-state index contributed by atoms with van der Waals surface area (Å²) in [7, 11) is 55.0. The van der Waals surface area contributed by atoms with Gasteiger partial charge in [-0.25, -0.2) is 0 Å². The molecule has 0 nitrogen and oxygen atoms in total. The van der Waals surface area contributed by atoms with Gasteiger partial charge in [0.2, 0.25) is 0 Å². The molecule has 0 spiro atoms. The van der Waals surface area contributed by atoms with Crippen molar-refractivity contribution in [2.24, 2.45) is 0 Å². The monoisotopic (exact) mass is 662 g/mol. The molecule has 54 heavy (non-hydrogen) atoms. The molecule has 0 atom stereocenters. The second kappa shape index (κ2) is 13.1. The lowest BCUT2D eigenvalue weighted by molar-refractivity contribution is 1.64. The molecule has 0 amide bonds. The van der Waals surface area contributed by atoms with E-state index in [0.717, 1.165) is 54.9 Å². The molecular weight excluding hydrogens is 639 g/mol. The van der Waals surface area contributed by atoms with E-state index in [2.05, 4.69) is 78.9 Å². The first-order chi connectivity index (χ1) is 26.2. The highest BCUT2D eigenvalue weighted by molar-refractivity contribution is 6.71. The third kappa shape index (κ3) is 5.10. The van der Waals surface area contributed by atoms with Crippen LogP contribution in [0.25, 0.3) is 87.6 Å². The highest BCUT2D eigenvalue weighted by atomic mass is 14.3. The van der Waals surface area contributed by atoms with Crippen LogP contribution in [0.1, 0.15) is 0 Å². The highest BCUT2D eigenvalue weighted by Crippen LogP contribution is 2.45. The van der Waals surface area contributed by atoms with E-state index >= 15 is 0 Å². The van der Waals surface area contributed by atoms with Crippen LogP contribution in [-0.2, 0) is 0 Å². The van der Waals surface area contributed by atoms with Gasteiger partial charge in [0.15, 0.2) is 0 Å². The third-order valence-electron chi connectivity index (χ3n) is 10.8. The molecule has 0 saturated carbocycles. The maximum Gasteiger partial charge on any atom is 0.113 e. The van der Waals surface area contributed by atoms with Crippen LogP contribution in [0, 0.1) is 0 Å². The van der Waals surface area contributed by atoms with Gasteiger partial charge in [0.25, 0.3) is 0 Å². The number of benzene rings is 9. The number of hydrogen-bond donors (Lipinski definition) is 0. The maximum atomic E-state index is 7.08. The lowest BCUT2D eigenvalue weighted by Gasteiger charge is -2.29. The van der Waals surface area contributed by atoms with Crippen molar-refractivity contribution in [3.63, 3.8) is 0 Å². The average molecular weight is 661 g/mol. The van der Waals surface area contributed by atoms with Crippen LogP contribution in [0.3, 0.4) is 0 Å². The Kier molecular flexibility index (Phi) is 8.35. The van der Waals surface area contributed by atoms with Gasteiger partial charge in [0, 0.05) is 0 Å². The minimum Gasteiger partial charge on any atom is -0.110 e. The van der Waals surface area contributed by atoms with Gasteiger partial charge in [-0.1, -0.05) is 149 Å². The zero-order valence-electron chi connectivity index (χ0n) is 29.3. The molecule has 0 heterocycles. The van der Waals surface area contributed by atoms with Crippen LogP contribution in [0.15, 0.2) is 133 Å². The van der Waals surface area contributed by atoms with E-state index in [9.17, 15) is 0 Å². The Bertz CT molecular complexity index is 2940. The van der Waals surface area contributed by atoms with Crippen molar-refractivity contribution in [2.75, 3.05) is 0 Å². The lowest BCUT2D eigenvalue weighted by Crippen LogP contribution is -2.50. The molecular formula is C46H22B8. The van der Waals surface area contributed by atoms with E-state index in [1.54, 1.807) is 0 Å². The summed E-state index contributed by atoms with van der Waals surface area (Å²) >= 11 is 0. The first-order valence-corrected chi connectivity index (χ1v) is 17.6. The zero-order chi connectivity index (χ0) is 37.4. The van der Waals surface area contributed by atoms with E-state index in [4.69, 9.17) is 62.8 Å². The van der Waals surface area contributed by atoms with Gasteiger partial charge < -0.3 is 0 Å². The zero-order valence-corrected chi connectivity index (χ0v) is 29.3. The number of rotatable bonds is 4. The summed E-state index contributed by atoms with van der Waals surface area (Å²) in [5, 5.41) is 6.58. The molecule has 9 rings (SSSR count). The Morgan fingerprint density at radius 3 is 1.28 bits per heavy atom. The summed E-state index contributed by atoms with van der Waals surface area (Å²) in [4.78, 5) is 0. The van der Waals surface area contributed by atoms with Crippen LogP contribution in [-0.4, -0.2) is 62.8 Å². The van der Waals surface area contributed by atoms with Crippen molar-refractivity contribution in [1.29, 1.82) is 0 Å². The minimum absolute atomic E-state index is 0.177. The smallest absolute Gasteiger partial charge is 0.110 e. The van der Waals surface area contributed by atoms with Gasteiger partial charge in [-0.15, -0.1) is 21.9 Å². The van der Waals surface area contributed by atoms with Crippen LogP contribution in [0.4, 0.5) is 0 Å². The van der Waals surface area contributed by atoms with Gasteiger partial charge in [0.1, 0.15) is 62.8 Å². The van der Waals surface area contributed by atoms with Crippen LogP contribution in [0.5, 0.6) is 0 Å². The van der Waals surface area contributed by atoms with Gasteiger partial charge in [-0.05, 0) is 93.7 Å². The Morgan fingerprint density at radius 1 is 0.259 bits per heavy atom. The van der Waals surface area contributed by atoms with E-state index in [1.165, 1.54) is 0 Å². The Morgan fingerprint density at radius 2 is 0.667 bits per heavy atom. The van der Waals surface area contributed by atoms with Crippen molar-refractivity contribution in [2.45, 2.75) is 0 Å². The van der Waals surface area contributed by atoms with E-state index in [0.29, 0.717) is 32.7 Å². The molecule has 0 bridgehead atoms. The molecule has 0 aliphatic rings. The molecule has 0 unspecified atom stereocenters. The molecule has 0 aromatic heterocycles. The van der Waals surface area contributed by atoms with Gasteiger partial charge in [-0.2, -0.15) is 0 Å². The molecule has 0 N–H and O–H groups in total. The average Bonchev–Trinajstić information content (AvgIpc) is 3.22. The van der Waals surface area contributed by atoms with Crippen LogP contribution in [0.2, 0.25) is 0 Å². The predicted octanol–water partition coefficient (Wildman–Crippen LogP) is 3.32. The van der Waals surface area contributed by atoms with E-state index < -0.39 is 0 Å². The summed E-state index contributed by atoms with van der Waals surface area (Å²) in [6.45, 7) is 0. The summed E-state index contributed by atoms with van der Waals surface area (Å²) in [5.41, 5.74) is 8.97. The number of hydrogen-bond acceptors (Lipinski definition) is 0. The lowest BCUT2D eigenvalue weighted by atomic mass is 9.59. The fraction of sp³-hybridized carbons (Fsp3) is 0. The molecule has 0 saturated heterocycles. The number of fused-ring (bicyclic) bond motifs is 4. The molecule has 8 heteroatoms. The summed E-state index contributed by atoms with van der Waals surface area (Å²) in [5.74, 6) is 0. The first-order valence-electron chi connectivity index (χ1n) is 17.6. The van der Waals surface area contributed by atoms with Crippen molar-refractivity contribution in [3.8, 4) is 44.5 Å². The highest BCUT2D eigenvalue weighted by Gasteiger charge is 2.26. The Hall–Kier alpha value is -5.46. The molecule has 9 aromatic rings. The molecule has 16 radical (unpaired) electrons. The quantitative estimate of drug-likeness (QED) is 0.201. The fourth-order valence-electron chi connectivity index (χ4n) is 8.21. The topological polar surface area (TPSA) is 0 Å². The molecule has 9 aromatic carbocycles. The fourth-order valence-corrected chi connectivity index (χ4v) is 8.21. The molecule has 0 fully saturated rings. The summed E-state index contributed by atoms with van der Waals surface area (Å²) in [6, 6.07) is 45.4. The van der Waals surface area contributed by atoms with Crippen molar-refractivity contribution in [3.05, 3.63) is 133 Å². The Balaban J connectivity index is 1.49. The largest absolute Gasteiger partial charge is 0.113 e. The predicted molar refractivity (Wildman–Crippen MR) is 241 cm³/mol. The summed E-state index contributed by atoms with van der Waals surface area (Å²) < 4.78 is 0. The molecule has 0 aliphatic heterocycles. The van der Waals surface area contributed by atoms with Crippen LogP contribution >= 0.6 is 0 Å². The standard InChI is InChI=1S/C46H22B8/c47-39-35-33(26-15-8-14-25(22-26)28-19-9-13-24-12-4-5-16-27(24)28)36-38(42(50)46(54)44(52)40(36)48)34(37(35)41(49)45(53)43(39)51)32-21-20-29(23-10-2-1-3-11-23)30-17-6-7-18-31(30)32/h1-22H. The second-order valence-corrected chi connectivity index (χ2v) is 13.7. The molecule has 230 valence electrons. The minimum atomic E-state index is 0.177. The van der Waals surface area contributed by atoms with Crippen molar-refractivity contribution in [1.82, 2.24) is 0 Å². The third-order valence-corrected chi connectivity index (χ3v) is 10.8. The second-order valence-electron chi connectivity index (χ2n) is 13.7. The molecule has 0 aliphatic carbocycles. The SMILES string of the molecule is [B]c1c([B])c([B])c2c(-c3ccc(-c4ccccc4)c4ccccc34)c3c([B])c([B])c([B])c([B])c3c(-c3cccc(-c4cccc5ccccc45)c3)c2c1[B]. The van der Waals surface area contributed by atoms with Crippen molar-refractivity contribution >= 4 is 150 Å². The van der Waals surface area contributed by atoms with Crippen LogP contribution < -0.4 is 43.7 Å². The van der Waals surface area contributed by atoms with E-state index in [-0.39, 0.29) is 43.7 Å². The summed E-state index contributed by atoms with van der Waals surface area (Å²) in [6.07, 6.45) is 0. The van der Waals surface area contributed by atoms with Gasteiger partial charge >= 0.3 is 0 Å². The Labute approximate surface area is 326 Å². The van der Waals surface area contributed by atoms with E-state index in [1.807, 2.05) is 54.6 Å². The van der Waals surface area contributed by atoms with Gasteiger partial charge in [-0.3, -0.25) is 0 Å². The van der Waals surface area contributed by atoms with Gasteiger partial charge in [0.05, 0.1) is 0 Å². The maximum absolute atomic E-state index is 7.08. The normalized spacial score (nSPS) is 11.6. The first kappa shape index (κ1) is 34.3.